The quantitative estimate of drug-likeness (QED) is 0.224. The second kappa shape index (κ2) is 16.9. The maximum absolute atomic E-state index is 12.7. The van der Waals surface area contributed by atoms with E-state index >= 15 is 0 Å². The van der Waals surface area contributed by atoms with Crippen molar-refractivity contribution in [2.24, 2.45) is 5.92 Å². The van der Waals surface area contributed by atoms with Crippen LogP contribution in [0, 0.1) is 19.8 Å². The molecule has 0 bridgehead atoms. The summed E-state index contributed by atoms with van der Waals surface area (Å²) >= 11 is 0. The van der Waals surface area contributed by atoms with Gasteiger partial charge in [0.25, 0.3) is 0 Å². The monoisotopic (exact) mass is 478 g/mol. The maximum Gasteiger partial charge on any atom is 0.224 e. The number of hydrogen-bond acceptors (Lipinski definition) is 2. The van der Waals surface area contributed by atoms with Crippen LogP contribution >= 0.6 is 0 Å². The van der Waals surface area contributed by atoms with Crippen molar-refractivity contribution in [3.8, 4) is 0 Å². The molecule has 0 fully saturated rings. The molecule has 0 radical (unpaired) electrons. The fourth-order valence-corrected chi connectivity index (χ4v) is 4.42. The minimum Gasteiger partial charge on any atom is -0.326 e. The van der Waals surface area contributed by atoms with Crippen molar-refractivity contribution in [3.63, 3.8) is 0 Å². The van der Waals surface area contributed by atoms with Gasteiger partial charge in [-0.05, 0) is 50.5 Å². The van der Waals surface area contributed by atoms with Crippen molar-refractivity contribution in [2.75, 3.05) is 10.6 Å². The molecule has 2 rings (SSSR count). The zero-order valence-electron chi connectivity index (χ0n) is 22.2. The average Bonchev–Trinajstić information content (AvgIpc) is 2.83. The summed E-state index contributed by atoms with van der Waals surface area (Å²) in [7, 11) is 0. The summed E-state index contributed by atoms with van der Waals surface area (Å²) in [6.07, 6.45) is 14.5. The van der Waals surface area contributed by atoms with Crippen molar-refractivity contribution >= 4 is 23.2 Å². The Morgan fingerprint density at radius 1 is 0.600 bits per heavy atom. The Bertz CT molecular complexity index is 797. The van der Waals surface area contributed by atoms with E-state index in [2.05, 4.69) is 17.6 Å². The molecule has 0 aliphatic heterocycles. The molecule has 0 atom stereocenters. The van der Waals surface area contributed by atoms with Gasteiger partial charge >= 0.3 is 0 Å². The number of aryl methyl sites for hydroxylation is 2. The highest BCUT2D eigenvalue weighted by molar-refractivity contribution is 5.93. The largest absolute Gasteiger partial charge is 0.326 e. The molecule has 0 aliphatic rings. The zero-order valence-corrected chi connectivity index (χ0v) is 22.2. The SMILES string of the molecule is CCCCCCCCCCCCC(CC(=O)Nc1ccc(C)cc1)CC(=O)Nc1ccc(C)cc1. The number of benzene rings is 2. The first-order valence-electron chi connectivity index (χ1n) is 13.7. The van der Waals surface area contributed by atoms with Crippen LogP contribution in [0.15, 0.2) is 48.5 Å². The Balaban J connectivity index is 1.79. The van der Waals surface area contributed by atoms with E-state index in [0.29, 0.717) is 12.8 Å². The van der Waals surface area contributed by atoms with Gasteiger partial charge in [-0.25, -0.2) is 0 Å². The van der Waals surface area contributed by atoms with Gasteiger partial charge < -0.3 is 10.6 Å². The second-order valence-corrected chi connectivity index (χ2v) is 10.1. The topological polar surface area (TPSA) is 58.2 Å². The maximum atomic E-state index is 12.7. The number of carbonyl (C=O) groups is 2. The normalized spacial score (nSPS) is 11.0. The highest BCUT2D eigenvalue weighted by atomic mass is 16.2. The van der Waals surface area contributed by atoms with E-state index in [1.807, 2.05) is 62.4 Å². The molecule has 0 aliphatic carbocycles. The fraction of sp³-hybridized carbons (Fsp3) is 0.548. The van der Waals surface area contributed by atoms with Gasteiger partial charge in [0.2, 0.25) is 11.8 Å². The third kappa shape index (κ3) is 13.2. The Labute approximate surface area is 213 Å². The highest BCUT2D eigenvalue weighted by Crippen LogP contribution is 2.22. The number of unbranched alkanes of at least 4 members (excludes halogenated alkanes) is 9. The highest BCUT2D eigenvalue weighted by Gasteiger charge is 2.18. The molecule has 4 heteroatoms. The molecule has 0 saturated heterocycles. The second-order valence-electron chi connectivity index (χ2n) is 10.1. The van der Waals surface area contributed by atoms with Gasteiger partial charge in [0.15, 0.2) is 0 Å². The van der Waals surface area contributed by atoms with E-state index in [1.165, 1.54) is 57.8 Å². The zero-order chi connectivity index (χ0) is 25.3. The first kappa shape index (κ1) is 28.6. The molecule has 2 amide bonds. The van der Waals surface area contributed by atoms with Crippen LogP contribution in [0.2, 0.25) is 0 Å². The summed E-state index contributed by atoms with van der Waals surface area (Å²) in [5.74, 6) is 0.00285. The van der Waals surface area contributed by atoms with Crippen LogP contribution in [-0.4, -0.2) is 11.8 Å². The predicted molar refractivity (Wildman–Crippen MR) is 149 cm³/mol. The molecule has 0 unspecified atom stereocenters. The lowest BCUT2D eigenvalue weighted by Gasteiger charge is -2.17. The smallest absolute Gasteiger partial charge is 0.224 e. The average molecular weight is 479 g/mol. The van der Waals surface area contributed by atoms with Crippen molar-refractivity contribution in [3.05, 3.63) is 59.7 Å². The first-order chi connectivity index (χ1) is 17.0. The Morgan fingerprint density at radius 3 is 1.37 bits per heavy atom. The summed E-state index contributed by atoms with van der Waals surface area (Å²) in [5, 5.41) is 5.99. The summed E-state index contributed by atoms with van der Waals surface area (Å²) in [6, 6.07) is 15.7. The molecule has 192 valence electrons. The van der Waals surface area contributed by atoms with Crippen LogP contribution in [0.4, 0.5) is 11.4 Å². The van der Waals surface area contributed by atoms with Gasteiger partial charge in [-0.2, -0.15) is 0 Å². The van der Waals surface area contributed by atoms with E-state index in [-0.39, 0.29) is 17.7 Å². The lowest BCUT2D eigenvalue weighted by Crippen LogP contribution is -2.22. The summed E-state index contributed by atoms with van der Waals surface area (Å²) in [4.78, 5) is 25.4. The molecule has 0 saturated carbocycles. The fourth-order valence-electron chi connectivity index (χ4n) is 4.42. The molecule has 0 spiro atoms. The number of carbonyl (C=O) groups excluding carboxylic acids is 2. The number of amides is 2. The van der Waals surface area contributed by atoms with Gasteiger partial charge in [0, 0.05) is 24.2 Å². The molecule has 2 aromatic rings. The molecular formula is C31H46N2O2. The third-order valence-corrected chi connectivity index (χ3v) is 6.58. The molecule has 0 heterocycles. The molecule has 35 heavy (non-hydrogen) atoms. The number of hydrogen-bond donors (Lipinski definition) is 2. The van der Waals surface area contributed by atoms with Crippen molar-refractivity contribution in [1.82, 2.24) is 0 Å². The molecule has 2 aromatic carbocycles. The summed E-state index contributed by atoms with van der Waals surface area (Å²) in [6.45, 7) is 6.31. The van der Waals surface area contributed by atoms with Crippen LogP contribution < -0.4 is 10.6 Å². The molecule has 2 N–H and O–H groups in total. The lowest BCUT2D eigenvalue weighted by molar-refractivity contribution is -0.119. The standard InChI is InChI=1S/C31H46N2O2/c1-4-5-6-7-8-9-10-11-12-13-14-27(23-30(34)32-28-19-15-25(2)16-20-28)24-31(35)33-29-21-17-26(3)18-22-29/h15-22,27H,4-14,23-24H2,1-3H3,(H,32,34)(H,33,35). The van der Waals surface area contributed by atoms with Gasteiger partial charge in [0.1, 0.15) is 0 Å². The van der Waals surface area contributed by atoms with E-state index in [4.69, 9.17) is 0 Å². The third-order valence-electron chi connectivity index (χ3n) is 6.58. The van der Waals surface area contributed by atoms with E-state index < -0.39 is 0 Å². The number of nitrogens with one attached hydrogen (secondary N) is 2. The van der Waals surface area contributed by atoms with Crippen LogP contribution in [-0.2, 0) is 9.59 Å². The van der Waals surface area contributed by atoms with Crippen molar-refractivity contribution in [1.29, 1.82) is 0 Å². The van der Waals surface area contributed by atoms with E-state index in [0.717, 1.165) is 35.3 Å². The van der Waals surface area contributed by atoms with Gasteiger partial charge in [-0.15, -0.1) is 0 Å². The van der Waals surface area contributed by atoms with Crippen LogP contribution in [0.3, 0.4) is 0 Å². The lowest BCUT2D eigenvalue weighted by atomic mass is 9.93. The summed E-state index contributed by atoms with van der Waals surface area (Å²) < 4.78 is 0. The number of anilines is 2. The minimum absolute atomic E-state index is 0.0194. The van der Waals surface area contributed by atoms with E-state index in [9.17, 15) is 9.59 Å². The van der Waals surface area contributed by atoms with Gasteiger partial charge in [-0.1, -0.05) is 107 Å². The Morgan fingerprint density at radius 2 is 0.971 bits per heavy atom. The first-order valence-corrected chi connectivity index (χ1v) is 13.7. The molecule has 4 nitrogen and oxygen atoms in total. The Hall–Kier alpha value is -2.62. The van der Waals surface area contributed by atoms with Crippen LogP contribution in [0.5, 0.6) is 0 Å². The predicted octanol–water partition coefficient (Wildman–Crippen LogP) is 8.59. The number of rotatable bonds is 17. The minimum atomic E-state index is -0.0194. The molecule has 0 aromatic heterocycles. The van der Waals surface area contributed by atoms with Crippen molar-refractivity contribution < 1.29 is 9.59 Å². The van der Waals surface area contributed by atoms with Crippen molar-refractivity contribution in [2.45, 2.75) is 104 Å². The van der Waals surface area contributed by atoms with Crippen LogP contribution in [0.1, 0.15) is 102 Å². The molecular weight excluding hydrogens is 432 g/mol. The van der Waals surface area contributed by atoms with Gasteiger partial charge in [0.05, 0.1) is 0 Å². The van der Waals surface area contributed by atoms with E-state index in [1.54, 1.807) is 0 Å². The summed E-state index contributed by atoms with van der Waals surface area (Å²) in [5.41, 5.74) is 3.94. The Kier molecular flexibility index (Phi) is 13.8. The van der Waals surface area contributed by atoms with Gasteiger partial charge in [-0.3, -0.25) is 9.59 Å². The van der Waals surface area contributed by atoms with Crippen LogP contribution in [0.25, 0.3) is 0 Å².